The van der Waals surface area contributed by atoms with Crippen LogP contribution in [0.5, 0.6) is 5.75 Å². The lowest BCUT2D eigenvalue weighted by molar-refractivity contribution is 0.306. The molecule has 2 heterocycles. The van der Waals surface area contributed by atoms with Gasteiger partial charge in [-0.15, -0.1) is 0 Å². The van der Waals surface area contributed by atoms with Crippen LogP contribution in [-0.2, 0) is 25.9 Å². The number of nitrogens with zero attached hydrogens (tertiary/aromatic N) is 3. The van der Waals surface area contributed by atoms with Gasteiger partial charge in [0.15, 0.2) is 0 Å². The summed E-state index contributed by atoms with van der Waals surface area (Å²) < 4.78 is 10.0. The van der Waals surface area contributed by atoms with Crippen LogP contribution in [0, 0.1) is 5.92 Å². The van der Waals surface area contributed by atoms with Gasteiger partial charge in [-0.05, 0) is 86.8 Å². The van der Waals surface area contributed by atoms with Gasteiger partial charge in [-0.3, -0.25) is 9.36 Å². The second-order valence-electron chi connectivity index (χ2n) is 9.32. The third-order valence-electron chi connectivity index (χ3n) is 6.75. The Bertz CT molecular complexity index is 1210. The van der Waals surface area contributed by atoms with Crippen molar-refractivity contribution in [1.29, 1.82) is 0 Å². The van der Waals surface area contributed by atoms with Gasteiger partial charge in [-0.25, -0.2) is 0 Å². The van der Waals surface area contributed by atoms with Crippen molar-refractivity contribution >= 4 is 10.9 Å². The summed E-state index contributed by atoms with van der Waals surface area (Å²) in [6, 6.07) is 17.0. The molecule has 0 spiro atoms. The van der Waals surface area contributed by atoms with E-state index < -0.39 is 0 Å². The smallest absolute Gasteiger partial charge is 0.120 e. The molecule has 0 saturated heterocycles. The summed E-state index contributed by atoms with van der Waals surface area (Å²) in [6.07, 6.45) is 9.80. The minimum absolute atomic E-state index is 0.412. The molecular weight excluding hydrogens is 396 g/mol. The molecule has 166 valence electrons. The van der Waals surface area contributed by atoms with Gasteiger partial charge in [0.1, 0.15) is 12.4 Å². The molecule has 1 aliphatic rings. The maximum absolute atomic E-state index is 6.48. The van der Waals surface area contributed by atoms with E-state index in [4.69, 9.17) is 10.6 Å². The Balaban J connectivity index is 1.31. The number of ether oxygens (including phenoxy) is 1. The maximum atomic E-state index is 6.48. The summed E-state index contributed by atoms with van der Waals surface area (Å²) in [6.45, 7) is 4.91. The Morgan fingerprint density at radius 1 is 1.12 bits per heavy atom. The van der Waals surface area contributed by atoms with Crippen LogP contribution in [0.15, 0.2) is 60.9 Å². The fourth-order valence-electron chi connectivity index (χ4n) is 4.88. The van der Waals surface area contributed by atoms with Crippen molar-refractivity contribution in [1.82, 2.24) is 14.5 Å². The summed E-state index contributed by atoms with van der Waals surface area (Å²) in [4.78, 5) is 0. The molecule has 2 aromatic carbocycles. The Labute approximate surface area is 189 Å². The largest absolute Gasteiger partial charge is 0.489 e. The SMILES string of the molecule is CC(C)n1cc(CCC2CCc3c(c4cc(OCc5ccccc5)ccc4n3N)C2)cn1. The summed E-state index contributed by atoms with van der Waals surface area (Å²) in [7, 11) is 0. The van der Waals surface area contributed by atoms with Crippen LogP contribution < -0.4 is 10.6 Å². The van der Waals surface area contributed by atoms with Crippen LogP contribution in [0.25, 0.3) is 10.9 Å². The van der Waals surface area contributed by atoms with E-state index in [2.05, 4.69) is 49.4 Å². The zero-order valence-corrected chi connectivity index (χ0v) is 19.0. The highest BCUT2D eigenvalue weighted by Crippen LogP contribution is 2.36. The standard InChI is InChI=1S/C27H32N4O/c1-19(2)30-17-22(16-29-30)9-8-20-10-12-26-24(14-20)25-15-23(11-13-27(25)31(26)28)32-18-21-6-4-3-5-7-21/h3-7,11,13,15-17,19-20H,8-10,12,14,18,28H2,1-2H3. The van der Waals surface area contributed by atoms with Crippen molar-refractivity contribution in [3.05, 3.63) is 83.3 Å². The number of rotatable bonds is 7. The molecular formula is C27H32N4O. The summed E-state index contributed by atoms with van der Waals surface area (Å²) in [5, 5.41) is 5.73. The van der Waals surface area contributed by atoms with E-state index in [1.54, 1.807) is 0 Å². The van der Waals surface area contributed by atoms with Gasteiger partial charge in [-0.2, -0.15) is 5.10 Å². The van der Waals surface area contributed by atoms with Gasteiger partial charge in [-0.1, -0.05) is 30.3 Å². The lowest BCUT2D eigenvalue weighted by Gasteiger charge is -2.23. The number of benzene rings is 2. The van der Waals surface area contributed by atoms with Crippen molar-refractivity contribution in [2.75, 3.05) is 5.84 Å². The van der Waals surface area contributed by atoms with E-state index in [1.807, 2.05) is 39.8 Å². The predicted molar refractivity (Wildman–Crippen MR) is 129 cm³/mol. The molecule has 1 unspecified atom stereocenters. The topological polar surface area (TPSA) is 58.0 Å². The zero-order valence-electron chi connectivity index (χ0n) is 19.0. The van der Waals surface area contributed by atoms with Crippen LogP contribution in [-0.4, -0.2) is 14.5 Å². The van der Waals surface area contributed by atoms with Crippen LogP contribution in [0.3, 0.4) is 0 Å². The Morgan fingerprint density at radius 3 is 2.75 bits per heavy atom. The highest BCUT2D eigenvalue weighted by molar-refractivity contribution is 5.87. The molecule has 0 aliphatic heterocycles. The van der Waals surface area contributed by atoms with Gasteiger partial charge in [0.2, 0.25) is 0 Å². The van der Waals surface area contributed by atoms with Gasteiger partial charge < -0.3 is 10.6 Å². The Hall–Kier alpha value is -3.21. The fraction of sp³-hybridized carbons (Fsp3) is 0.370. The fourth-order valence-corrected chi connectivity index (χ4v) is 4.88. The van der Waals surface area contributed by atoms with E-state index in [0.717, 1.165) is 30.5 Å². The molecule has 2 N–H and O–H groups in total. The number of aromatic nitrogens is 3. The molecule has 1 aliphatic carbocycles. The first kappa shape index (κ1) is 20.7. The van der Waals surface area contributed by atoms with E-state index in [-0.39, 0.29) is 0 Å². The number of hydrogen-bond acceptors (Lipinski definition) is 3. The molecule has 2 aromatic heterocycles. The average molecular weight is 429 g/mol. The number of fused-ring (bicyclic) bond motifs is 3. The predicted octanol–water partition coefficient (Wildman–Crippen LogP) is 5.45. The molecule has 5 nitrogen and oxygen atoms in total. The normalized spacial score (nSPS) is 15.9. The van der Waals surface area contributed by atoms with E-state index in [1.165, 1.54) is 40.6 Å². The number of aryl methyl sites for hydroxylation is 1. The molecule has 5 rings (SSSR count). The average Bonchev–Trinajstić information content (AvgIpc) is 3.40. The van der Waals surface area contributed by atoms with E-state index in [0.29, 0.717) is 18.6 Å². The molecule has 4 aromatic rings. The highest BCUT2D eigenvalue weighted by Gasteiger charge is 2.25. The van der Waals surface area contributed by atoms with E-state index in [9.17, 15) is 0 Å². The molecule has 1 atom stereocenters. The van der Waals surface area contributed by atoms with Crippen molar-refractivity contribution < 1.29 is 4.74 Å². The molecule has 0 fully saturated rings. The van der Waals surface area contributed by atoms with Crippen LogP contribution >= 0.6 is 0 Å². The van der Waals surface area contributed by atoms with Crippen molar-refractivity contribution in [2.45, 2.75) is 58.6 Å². The minimum atomic E-state index is 0.412. The van der Waals surface area contributed by atoms with Crippen LogP contribution in [0.4, 0.5) is 0 Å². The van der Waals surface area contributed by atoms with Crippen LogP contribution in [0.1, 0.15) is 55.1 Å². The first-order chi connectivity index (χ1) is 15.6. The Kier molecular flexibility index (Phi) is 5.64. The van der Waals surface area contributed by atoms with Gasteiger partial charge in [0.25, 0.3) is 0 Å². The summed E-state index contributed by atoms with van der Waals surface area (Å²) in [5.74, 6) is 8.05. The first-order valence-corrected chi connectivity index (χ1v) is 11.7. The van der Waals surface area contributed by atoms with Gasteiger partial charge >= 0.3 is 0 Å². The lowest BCUT2D eigenvalue weighted by Crippen LogP contribution is -2.19. The molecule has 0 saturated carbocycles. The zero-order chi connectivity index (χ0) is 22.1. The summed E-state index contributed by atoms with van der Waals surface area (Å²) in [5.41, 5.74) is 6.29. The van der Waals surface area contributed by atoms with Gasteiger partial charge in [0.05, 0.1) is 11.7 Å². The first-order valence-electron chi connectivity index (χ1n) is 11.7. The lowest BCUT2D eigenvalue weighted by atomic mass is 9.83. The number of nitrogens with two attached hydrogens (primary N) is 1. The Morgan fingerprint density at radius 2 is 1.97 bits per heavy atom. The van der Waals surface area contributed by atoms with Crippen molar-refractivity contribution in [2.24, 2.45) is 5.92 Å². The van der Waals surface area contributed by atoms with Crippen molar-refractivity contribution in [3.63, 3.8) is 0 Å². The van der Waals surface area contributed by atoms with E-state index >= 15 is 0 Å². The molecule has 5 heteroatoms. The number of nitrogen functional groups attached to an aromatic ring is 1. The molecule has 0 bridgehead atoms. The van der Waals surface area contributed by atoms with Crippen LogP contribution in [0.2, 0.25) is 0 Å². The highest BCUT2D eigenvalue weighted by atomic mass is 16.5. The second kappa shape index (κ2) is 8.73. The molecule has 32 heavy (non-hydrogen) atoms. The molecule has 0 radical (unpaired) electrons. The third kappa shape index (κ3) is 4.12. The summed E-state index contributed by atoms with van der Waals surface area (Å²) >= 11 is 0. The second-order valence-corrected chi connectivity index (χ2v) is 9.32. The molecule has 0 amide bonds. The van der Waals surface area contributed by atoms with Gasteiger partial charge in [0, 0.05) is 23.3 Å². The van der Waals surface area contributed by atoms with Crippen molar-refractivity contribution in [3.8, 4) is 5.75 Å². The minimum Gasteiger partial charge on any atom is -0.489 e. The number of hydrogen-bond donors (Lipinski definition) is 1. The maximum Gasteiger partial charge on any atom is 0.120 e. The third-order valence-corrected chi connectivity index (χ3v) is 6.75. The monoisotopic (exact) mass is 428 g/mol. The quantitative estimate of drug-likeness (QED) is 0.398.